The molecule has 2 N–H and O–H groups in total. The Hall–Kier alpha value is -2.87. The summed E-state index contributed by atoms with van der Waals surface area (Å²) in [6, 6.07) is 17.4. The number of amides is 1. The number of benzene rings is 2. The number of carbonyl (C=O) groups is 1. The summed E-state index contributed by atoms with van der Waals surface area (Å²) in [5.41, 5.74) is 1.55. The number of halogens is 2. The van der Waals surface area contributed by atoms with E-state index in [9.17, 15) is 4.79 Å². The third-order valence-electron chi connectivity index (χ3n) is 5.82. The number of nitrogens with one attached hydrogen (secondary N) is 2. The van der Waals surface area contributed by atoms with Gasteiger partial charge in [0.2, 0.25) is 11.9 Å². The van der Waals surface area contributed by atoms with Crippen LogP contribution in [0.15, 0.2) is 60.0 Å². The average Bonchev–Trinajstić information content (AvgIpc) is 3.32. The van der Waals surface area contributed by atoms with Crippen LogP contribution in [0.1, 0.15) is 17.7 Å². The molecule has 0 aliphatic carbocycles. The van der Waals surface area contributed by atoms with Gasteiger partial charge in [0.1, 0.15) is 5.82 Å². The highest BCUT2D eigenvalue weighted by Crippen LogP contribution is 2.28. The third kappa shape index (κ3) is 5.43. The highest BCUT2D eigenvalue weighted by Gasteiger charge is 2.24. The Bertz CT molecular complexity index is 1290. The maximum absolute atomic E-state index is 12.6. The van der Waals surface area contributed by atoms with Crippen molar-refractivity contribution in [2.24, 2.45) is 0 Å². The lowest BCUT2D eigenvalue weighted by atomic mass is 10.0. The van der Waals surface area contributed by atoms with Gasteiger partial charge in [-0.1, -0.05) is 41.4 Å². The molecule has 1 aliphatic heterocycles. The van der Waals surface area contributed by atoms with Gasteiger partial charge in [0, 0.05) is 45.1 Å². The topological polar surface area (TPSA) is 70.2 Å². The van der Waals surface area contributed by atoms with Crippen molar-refractivity contribution in [3.05, 3.63) is 74.9 Å². The largest absolute Gasteiger partial charge is 0.367 e. The van der Waals surface area contributed by atoms with Gasteiger partial charge in [0.25, 0.3) is 0 Å². The second kappa shape index (κ2) is 10.2. The molecule has 174 valence electrons. The van der Waals surface area contributed by atoms with Crippen LogP contribution in [0.2, 0.25) is 10.0 Å². The Morgan fingerprint density at radius 1 is 1.03 bits per heavy atom. The molecular formula is C25H23Cl2N5OS. The molecule has 1 aliphatic rings. The Balaban J connectivity index is 1.30. The van der Waals surface area contributed by atoms with Crippen LogP contribution in [0.5, 0.6) is 0 Å². The van der Waals surface area contributed by atoms with Crippen molar-refractivity contribution in [3.8, 4) is 0 Å². The first-order chi connectivity index (χ1) is 16.5. The Labute approximate surface area is 211 Å². The molecule has 4 aromatic rings. The van der Waals surface area contributed by atoms with E-state index in [0.29, 0.717) is 22.4 Å². The van der Waals surface area contributed by atoms with Crippen molar-refractivity contribution in [1.82, 2.24) is 14.9 Å². The summed E-state index contributed by atoms with van der Waals surface area (Å²) >= 11 is 13.9. The Kier molecular flexibility index (Phi) is 6.85. The summed E-state index contributed by atoms with van der Waals surface area (Å²) in [4.78, 5) is 25.1. The zero-order valence-electron chi connectivity index (χ0n) is 18.3. The van der Waals surface area contributed by atoms with Gasteiger partial charge < -0.3 is 15.5 Å². The lowest BCUT2D eigenvalue weighted by Gasteiger charge is -2.33. The number of likely N-dealkylation sites (tertiary alicyclic amines) is 1. The fraction of sp³-hybridized carbons (Fsp3) is 0.240. The number of thiophene rings is 1. The molecule has 5 rings (SSSR count). The molecule has 1 fully saturated rings. The average molecular weight is 512 g/mol. The lowest BCUT2D eigenvalue weighted by molar-refractivity contribution is -0.131. The van der Waals surface area contributed by atoms with E-state index in [2.05, 4.69) is 15.6 Å². The smallest absolute Gasteiger partial charge is 0.229 e. The van der Waals surface area contributed by atoms with E-state index in [1.807, 2.05) is 46.7 Å². The van der Waals surface area contributed by atoms with E-state index in [-0.39, 0.29) is 11.9 Å². The number of fused-ring (bicyclic) bond motifs is 1. The van der Waals surface area contributed by atoms with Crippen molar-refractivity contribution in [2.45, 2.75) is 25.3 Å². The van der Waals surface area contributed by atoms with Crippen LogP contribution in [0.25, 0.3) is 10.9 Å². The Morgan fingerprint density at radius 3 is 2.53 bits per heavy atom. The monoisotopic (exact) mass is 511 g/mol. The summed E-state index contributed by atoms with van der Waals surface area (Å²) in [6.45, 7) is 1.47. The minimum atomic E-state index is 0.194. The van der Waals surface area contributed by atoms with E-state index in [1.54, 1.807) is 29.5 Å². The predicted octanol–water partition coefficient (Wildman–Crippen LogP) is 6.39. The van der Waals surface area contributed by atoms with Crippen molar-refractivity contribution in [1.29, 1.82) is 0 Å². The molecule has 0 spiro atoms. The number of rotatable bonds is 6. The normalized spacial score (nSPS) is 14.4. The van der Waals surface area contributed by atoms with Gasteiger partial charge in [-0.3, -0.25) is 4.79 Å². The standard InChI is InChI=1S/C25H23Cl2N5OS/c26-16-12-17(27)14-19(13-16)29-25-30-22-6-2-1-5-21(22)24(31-25)28-18-7-9-32(10-8-18)23(33)15-20-4-3-11-34-20/h1-6,11-14,18H,7-10,15H2,(H2,28,29,30,31). The van der Waals surface area contributed by atoms with Crippen LogP contribution in [-0.2, 0) is 11.2 Å². The molecule has 1 saturated heterocycles. The second-order valence-corrected chi connectivity index (χ2v) is 10.2. The maximum Gasteiger partial charge on any atom is 0.229 e. The minimum absolute atomic E-state index is 0.194. The van der Waals surface area contributed by atoms with Crippen molar-refractivity contribution in [2.75, 3.05) is 23.7 Å². The second-order valence-electron chi connectivity index (χ2n) is 8.25. The van der Waals surface area contributed by atoms with Gasteiger partial charge in [-0.2, -0.15) is 4.98 Å². The first-order valence-corrected chi connectivity index (χ1v) is 12.7. The SMILES string of the molecule is O=C(Cc1cccs1)N1CCC(Nc2nc(Nc3cc(Cl)cc(Cl)c3)nc3ccccc23)CC1. The third-order valence-corrected chi connectivity index (χ3v) is 7.13. The van der Waals surface area contributed by atoms with E-state index in [0.717, 1.165) is 53.2 Å². The zero-order valence-corrected chi connectivity index (χ0v) is 20.6. The van der Waals surface area contributed by atoms with Gasteiger partial charge >= 0.3 is 0 Å². The van der Waals surface area contributed by atoms with E-state index in [4.69, 9.17) is 28.2 Å². The molecule has 2 aromatic carbocycles. The van der Waals surface area contributed by atoms with Gasteiger partial charge in [0.05, 0.1) is 11.9 Å². The number of hydrogen-bond donors (Lipinski definition) is 2. The number of anilines is 3. The highest BCUT2D eigenvalue weighted by molar-refractivity contribution is 7.10. The molecule has 6 nitrogen and oxygen atoms in total. The molecule has 0 unspecified atom stereocenters. The number of aromatic nitrogens is 2. The fourth-order valence-electron chi connectivity index (χ4n) is 4.14. The van der Waals surface area contributed by atoms with E-state index in [1.165, 1.54) is 0 Å². The quantitative estimate of drug-likeness (QED) is 0.314. The van der Waals surface area contributed by atoms with Gasteiger partial charge in [-0.15, -0.1) is 11.3 Å². The predicted molar refractivity (Wildman–Crippen MR) is 141 cm³/mol. The summed E-state index contributed by atoms with van der Waals surface area (Å²) in [5, 5.41) is 10.8. The van der Waals surface area contributed by atoms with E-state index < -0.39 is 0 Å². The maximum atomic E-state index is 12.6. The summed E-state index contributed by atoms with van der Waals surface area (Å²) < 4.78 is 0. The van der Waals surface area contributed by atoms with Crippen LogP contribution in [-0.4, -0.2) is 39.9 Å². The molecule has 0 radical (unpaired) electrons. The number of para-hydroxylation sites is 1. The zero-order chi connectivity index (χ0) is 23.5. The van der Waals surface area contributed by atoms with Gasteiger partial charge in [-0.25, -0.2) is 4.98 Å². The summed E-state index contributed by atoms with van der Waals surface area (Å²) in [5.74, 6) is 1.42. The number of hydrogen-bond acceptors (Lipinski definition) is 6. The molecule has 2 aromatic heterocycles. The molecule has 0 bridgehead atoms. The Morgan fingerprint density at radius 2 is 1.79 bits per heavy atom. The number of piperidine rings is 1. The minimum Gasteiger partial charge on any atom is -0.367 e. The molecule has 0 atom stereocenters. The highest BCUT2D eigenvalue weighted by atomic mass is 35.5. The molecule has 9 heteroatoms. The van der Waals surface area contributed by atoms with Crippen molar-refractivity contribution in [3.63, 3.8) is 0 Å². The number of carbonyl (C=O) groups excluding carboxylic acids is 1. The van der Waals surface area contributed by atoms with Crippen LogP contribution in [0.4, 0.5) is 17.5 Å². The van der Waals surface area contributed by atoms with Crippen LogP contribution in [0, 0.1) is 0 Å². The van der Waals surface area contributed by atoms with Gasteiger partial charge in [-0.05, 0) is 54.6 Å². The fourth-order valence-corrected chi connectivity index (χ4v) is 5.36. The molecule has 34 heavy (non-hydrogen) atoms. The molecule has 1 amide bonds. The summed E-state index contributed by atoms with van der Waals surface area (Å²) in [7, 11) is 0. The van der Waals surface area contributed by atoms with Crippen LogP contribution >= 0.6 is 34.5 Å². The first-order valence-electron chi connectivity index (χ1n) is 11.1. The van der Waals surface area contributed by atoms with Crippen molar-refractivity contribution < 1.29 is 4.79 Å². The molecule has 3 heterocycles. The lowest BCUT2D eigenvalue weighted by Crippen LogP contribution is -2.43. The van der Waals surface area contributed by atoms with E-state index >= 15 is 0 Å². The van der Waals surface area contributed by atoms with Crippen molar-refractivity contribution >= 4 is 68.8 Å². The molecular weight excluding hydrogens is 489 g/mol. The molecule has 0 saturated carbocycles. The summed E-state index contributed by atoms with van der Waals surface area (Å²) in [6.07, 6.45) is 2.21. The van der Waals surface area contributed by atoms with Crippen LogP contribution < -0.4 is 10.6 Å². The van der Waals surface area contributed by atoms with Crippen LogP contribution in [0.3, 0.4) is 0 Å². The first kappa shape index (κ1) is 22.9. The van der Waals surface area contributed by atoms with Gasteiger partial charge in [0.15, 0.2) is 0 Å². The number of nitrogens with zero attached hydrogens (tertiary/aromatic N) is 3.